The largest absolute Gasteiger partial charge is 0.396 e. The topological polar surface area (TPSA) is 55.8 Å². The number of rotatable bonds is 8. The number of hydrogen-bond acceptors (Lipinski definition) is 4. The summed E-state index contributed by atoms with van der Waals surface area (Å²) >= 11 is 0. The molecule has 2 N–H and O–H groups in total. The van der Waals surface area contributed by atoms with Gasteiger partial charge in [0.2, 0.25) is 5.91 Å². The maximum absolute atomic E-state index is 12.1. The molecule has 1 aromatic carbocycles. The third-order valence-electron chi connectivity index (χ3n) is 4.74. The molecule has 1 saturated heterocycles. The third kappa shape index (κ3) is 5.80. The molecular weight excluding hydrogens is 302 g/mol. The van der Waals surface area contributed by atoms with Crippen molar-refractivity contribution in [1.82, 2.24) is 10.2 Å². The Hall–Kier alpha value is -1.59. The Morgan fingerprint density at radius 1 is 1.17 bits per heavy atom. The summed E-state index contributed by atoms with van der Waals surface area (Å²) in [6.45, 7) is 9.06. The molecule has 1 aliphatic heterocycles. The van der Waals surface area contributed by atoms with E-state index in [9.17, 15) is 4.79 Å². The molecule has 5 nitrogen and oxygen atoms in total. The number of amides is 1. The zero-order valence-electron chi connectivity index (χ0n) is 14.9. The van der Waals surface area contributed by atoms with Gasteiger partial charge in [-0.1, -0.05) is 32.0 Å². The molecule has 1 aliphatic rings. The highest BCUT2D eigenvalue weighted by atomic mass is 16.3. The molecule has 1 fully saturated rings. The lowest BCUT2D eigenvalue weighted by Crippen LogP contribution is -2.47. The molecule has 0 aliphatic carbocycles. The molecule has 2 rings (SSSR count). The Balaban J connectivity index is 1.69. The summed E-state index contributed by atoms with van der Waals surface area (Å²) in [6.07, 6.45) is 1.15. The van der Waals surface area contributed by atoms with Crippen LogP contribution >= 0.6 is 0 Å². The van der Waals surface area contributed by atoms with Gasteiger partial charge in [-0.2, -0.15) is 0 Å². The predicted octanol–water partition coefficient (Wildman–Crippen LogP) is 1.72. The average Bonchev–Trinajstić information content (AvgIpc) is 2.61. The number of carbonyl (C=O) groups excluding carboxylic acids is 1. The van der Waals surface area contributed by atoms with Crippen molar-refractivity contribution in [2.45, 2.75) is 32.7 Å². The third-order valence-corrected chi connectivity index (χ3v) is 4.74. The number of carbonyl (C=O) groups is 1. The lowest BCUT2D eigenvalue weighted by atomic mass is 10.0. The van der Waals surface area contributed by atoms with Crippen molar-refractivity contribution in [1.29, 1.82) is 0 Å². The van der Waals surface area contributed by atoms with E-state index in [2.05, 4.69) is 53.2 Å². The number of para-hydroxylation sites is 1. The Morgan fingerprint density at radius 2 is 1.83 bits per heavy atom. The molecule has 0 aromatic heterocycles. The second kappa shape index (κ2) is 9.64. The molecule has 0 saturated carbocycles. The van der Waals surface area contributed by atoms with Crippen LogP contribution in [0.4, 0.5) is 5.69 Å². The van der Waals surface area contributed by atoms with Gasteiger partial charge in [-0.3, -0.25) is 9.69 Å². The fourth-order valence-corrected chi connectivity index (χ4v) is 3.12. The molecule has 1 heterocycles. The van der Waals surface area contributed by atoms with Crippen LogP contribution in [0, 0.1) is 5.92 Å². The summed E-state index contributed by atoms with van der Waals surface area (Å²) in [4.78, 5) is 16.9. The first-order valence-electron chi connectivity index (χ1n) is 9.02. The smallest absolute Gasteiger partial charge is 0.221 e. The van der Waals surface area contributed by atoms with Crippen LogP contribution in [0.2, 0.25) is 0 Å². The van der Waals surface area contributed by atoms with Crippen LogP contribution in [0.1, 0.15) is 26.7 Å². The van der Waals surface area contributed by atoms with Gasteiger partial charge in [0.25, 0.3) is 0 Å². The minimum atomic E-state index is 0.0671. The van der Waals surface area contributed by atoms with E-state index in [4.69, 9.17) is 5.11 Å². The van der Waals surface area contributed by atoms with Gasteiger partial charge in [0.1, 0.15) is 0 Å². The predicted molar refractivity (Wildman–Crippen MR) is 98.2 cm³/mol. The SMILES string of the molecule is CC(C)C(CCO)NC(=O)CCN1CCN(c2ccccc2)CC1. The number of nitrogens with zero attached hydrogens (tertiary/aromatic N) is 2. The Morgan fingerprint density at radius 3 is 2.42 bits per heavy atom. The van der Waals surface area contributed by atoms with Crippen LogP contribution in [0.15, 0.2) is 30.3 Å². The number of nitrogens with one attached hydrogen (secondary N) is 1. The molecule has 1 aromatic rings. The second-order valence-electron chi connectivity index (χ2n) is 6.84. The van der Waals surface area contributed by atoms with Gasteiger partial charge in [0, 0.05) is 57.5 Å². The summed E-state index contributed by atoms with van der Waals surface area (Å²) in [6, 6.07) is 10.6. The van der Waals surface area contributed by atoms with Crippen LogP contribution < -0.4 is 10.2 Å². The number of piperazine rings is 1. The second-order valence-corrected chi connectivity index (χ2v) is 6.84. The van der Waals surface area contributed by atoms with Crippen molar-refractivity contribution in [2.75, 3.05) is 44.2 Å². The normalized spacial score (nSPS) is 17.1. The maximum atomic E-state index is 12.1. The number of hydrogen-bond donors (Lipinski definition) is 2. The highest BCUT2D eigenvalue weighted by molar-refractivity contribution is 5.76. The van der Waals surface area contributed by atoms with Gasteiger partial charge in [0.15, 0.2) is 0 Å². The van der Waals surface area contributed by atoms with Crippen LogP contribution in [0.5, 0.6) is 0 Å². The van der Waals surface area contributed by atoms with E-state index >= 15 is 0 Å². The Labute approximate surface area is 145 Å². The molecule has 0 radical (unpaired) electrons. The zero-order valence-corrected chi connectivity index (χ0v) is 14.9. The van der Waals surface area contributed by atoms with Crippen molar-refractivity contribution in [3.63, 3.8) is 0 Å². The van der Waals surface area contributed by atoms with E-state index in [0.717, 1.165) is 32.7 Å². The fourth-order valence-electron chi connectivity index (χ4n) is 3.12. The zero-order chi connectivity index (χ0) is 17.4. The molecule has 5 heteroatoms. The summed E-state index contributed by atoms with van der Waals surface area (Å²) in [5, 5.41) is 12.1. The minimum absolute atomic E-state index is 0.0671. The van der Waals surface area contributed by atoms with E-state index in [-0.39, 0.29) is 18.6 Å². The van der Waals surface area contributed by atoms with Gasteiger partial charge in [-0.05, 0) is 24.5 Å². The molecule has 1 unspecified atom stereocenters. The first kappa shape index (κ1) is 18.7. The van der Waals surface area contributed by atoms with Crippen LogP contribution in [0.25, 0.3) is 0 Å². The van der Waals surface area contributed by atoms with Gasteiger partial charge in [0.05, 0.1) is 0 Å². The summed E-state index contributed by atoms with van der Waals surface area (Å²) in [5.41, 5.74) is 1.28. The summed E-state index contributed by atoms with van der Waals surface area (Å²) < 4.78 is 0. The van der Waals surface area contributed by atoms with E-state index in [1.807, 2.05) is 6.07 Å². The lowest BCUT2D eigenvalue weighted by Gasteiger charge is -2.36. The van der Waals surface area contributed by atoms with Crippen molar-refractivity contribution in [2.24, 2.45) is 5.92 Å². The first-order valence-corrected chi connectivity index (χ1v) is 9.02. The van der Waals surface area contributed by atoms with Gasteiger partial charge in [-0.15, -0.1) is 0 Å². The lowest BCUT2D eigenvalue weighted by molar-refractivity contribution is -0.122. The number of aliphatic hydroxyl groups is 1. The van der Waals surface area contributed by atoms with Gasteiger partial charge >= 0.3 is 0 Å². The van der Waals surface area contributed by atoms with E-state index in [1.54, 1.807) is 0 Å². The fraction of sp³-hybridized carbons (Fsp3) is 0.632. The van der Waals surface area contributed by atoms with Crippen LogP contribution in [-0.2, 0) is 4.79 Å². The maximum Gasteiger partial charge on any atom is 0.221 e. The van der Waals surface area contributed by atoms with E-state index in [0.29, 0.717) is 18.8 Å². The number of aliphatic hydroxyl groups excluding tert-OH is 1. The van der Waals surface area contributed by atoms with Crippen molar-refractivity contribution in [3.05, 3.63) is 30.3 Å². The van der Waals surface area contributed by atoms with Crippen molar-refractivity contribution < 1.29 is 9.90 Å². The summed E-state index contributed by atoms with van der Waals surface area (Å²) in [7, 11) is 0. The molecule has 0 spiro atoms. The highest BCUT2D eigenvalue weighted by Crippen LogP contribution is 2.15. The number of benzene rings is 1. The van der Waals surface area contributed by atoms with Crippen LogP contribution in [0.3, 0.4) is 0 Å². The Bertz CT molecular complexity index is 485. The van der Waals surface area contributed by atoms with Gasteiger partial charge < -0.3 is 15.3 Å². The molecule has 24 heavy (non-hydrogen) atoms. The quantitative estimate of drug-likeness (QED) is 0.761. The molecule has 1 amide bonds. The monoisotopic (exact) mass is 333 g/mol. The minimum Gasteiger partial charge on any atom is -0.396 e. The molecule has 134 valence electrons. The van der Waals surface area contributed by atoms with E-state index < -0.39 is 0 Å². The molecular formula is C19H31N3O2. The summed E-state index contributed by atoms with van der Waals surface area (Å²) in [5.74, 6) is 0.433. The van der Waals surface area contributed by atoms with Crippen LogP contribution in [-0.4, -0.2) is 61.3 Å². The molecule has 0 bridgehead atoms. The highest BCUT2D eigenvalue weighted by Gasteiger charge is 2.19. The first-order chi connectivity index (χ1) is 11.6. The molecule has 1 atom stereocenters. The van der Waals surface area contributed by atoms with Crippen molar-refractivity contribution in [3.8, 4) is 0 Å². The van der Waals surface area contributed by atoms with E-state index in [1.165, 1.54) is 5.69 Å². The number of anilines is 1. The average molecular weight is 333 g/mol. The Kier molecular flexibility index (Phi) is 7.53. The van der Waals surface area contributed by atoms with Gasteiger partial charge in [-0.25, -0.2) is 0 Å². The van der Waals surface area contributed by atoms with Crippen molar-refractivity contribution >= 4 is 11.6 Å². The standard InChI is InChI=1S/C19H31N3O2/c1-16(2)18(9-15-23)20-19(24)8-10-21-11-13-22(14-12-21)17-6-4-3-5-7-17/h3-7,16,18,23H,8-15H2,1-2H3,(H,20,24).